The second-order valence-corrected chi connectivity index (χ2v) is 13.9. The molecule has 4 heterocycles. The van der Waals surface area contributed by atoms with Gasteiger partial charge in [-0.1, -0.05) is 54.6 Å². The van der Waals surface area contributed by atoms with Crippen LogP contribution in [-0.2, 0) is 24.3 Å². The molecule has 258 valence electrons. The molecule has 10 nitrogen and oxygen atoms in total. The van der Waals surface area contributed by atoms with Crippen LogP contribution in [0.4, 0.5) is 20.7 Å². The number of hydrogen-bond donors (Lipinski definition) is 0. The van der Waals surface area contributed by atoms with E-state index in [1.165, 1.54) is 18.9 Å². The summed E-state index contributed by atoms with van der Waals surface area (Å²) in [5, 5.41) is 11.2. The number of hydrogen-bond acceptors (Lipinski definition) is 9. The number of halogens is 1. The number of anilines is 2. The number of piperazine rings is 1. The fourth-order valence-electron chi connectivity index (χ4n) is 7.92. The van der Waals surface area contributed by atoms with Crippen LogP contribution >= 0.6 is 0 Å². The molecule has 3 aliphatic heterocycles. The maximum atomic E-state index is 15.2. The minimum Gasteiger partial charge on any atom is -0.461 e. The quantitative estimate of drug-likeness (QED) is 0.209. The summed E-state index contributed by atoms with van der Waals surface area (Å²) in [6.07, 6.45) is 5.09. The van der Waals surface area contributed by atoms with Gasteiger partial charge < -0.3 is 24.2 Å². The van der Waals surface area contributed by atoms with Gasteiger partial charge in [0.05, 0.1) is 36.3 Å². The predicted molar refractivity (Wildman–Crippen MR) is 189 cm³/mol. The lowest BCUT2D eigenvalue weighted by molar-refractivity contribution is 0.0767. The van der Waals surface area contributed by atoms with Gasteiger partial charge in [0, 0.05) is 42.8 Å². The van der Waals surface area contributed by atoms with E-state index in [1.54, 1.807) is 11.0 Å². The summed E-state index contributed by atoms with van der Waals surface area (Å²) in [5.74, 6) is 0.552. The Balaban J connectivity index is 1.07. The lowest BCUT2D eigenvalue weighted by Crippen LogP contribution is -2.55. The monoisotopic (exact) mass is 675 g/mol. The van der Waals surface area contributed by atoms with Crippen molar-refractivity contribution in [2.75, 3.05) is 55.7 Å². The van der Waals surface area contributed by atoms with Crippen molar-refractivity contribution in [2.45, 2.75) is 63.3 Å². The summed E-state index contributed by atoms with van der Waals surface area (Å²) in [4.78, 5) is 31.9. The number of carbonyl (C=O) groups is 1. The van der Waals surface area contributed by atoms with Crippen LogP contribution in [0.15, 0.2) is 66.7 Å². The highest BCUT2D eigenvalue weighted by Crippen LogP contribution is 2.44. The van der Waals surface area contributed by atoms with Crippen LogP contribution in [0.3, 0.4) is 0 Å². The summed E-state index contributed by atoms with van der Waals surface area (Å²) in [6.45, 7) is 5.45. The van der Waals surface area contributed by atoms with Crippen LogP contribution in [0.1, 0.15) is 48.9 Å². The van der Waals surface area contributed by atoms with E-state index in [1.807, 2.05) is 54.6 Å². The number of nitriles is 1. The van der Waals surface area contributed by atoms with Crippen LogP contribution in [0, 0.1) is 17.1 Å². The molecule has 2 saturated heterocycles. The smallest absolute Gasteiger partial charge is 0.410 e. The van der Waals surface area contributed by atoms with E-state index in [0.29, 0.717) is 57.1 Å². The number of fused-ring (bicyclic) bond motifs is 2. The number of rotatable bonds is 9. The largest absolute Gasteiger partial charge is 0.461 e. The molecule has 1 saturated carbocycles. The molecule has 1 aliphatic carbocycles. The Labute approximate surface area is 292 Å². The molecule has 0 bridgehead atoms. The van der Waals surface area contributed by atoms with Gasteiger partial charge in [0.15, 0.2) is 0 Å². The third kappa shape index (κ3) is 6.40. The van der Waals surface area contributed by atoms with Crippen molar-refractivity contribution >= 4 is 28.4 Å². The van der Waals surface area contributed by atoms with Crippen molar-refractivity contribution < 1.29 is 18.7 Å². The fraction of sp³-hybridized carbons (Fsp3) is 0.436. The first-order valence-corrected chi connectivity index (χ1v) is 17.8. The van der Waals surface area contributed by atoms with E-state index in [4.69, 9.17) is 19.4 Å². The third-order valence-electron chi connectivity index (χ3n) is 10.8. The molecular formula is C39H42FN7O3. The molecule has 3 fully saturated rings. The normalized spacial score (nSPS) is 20.0. The van der Waals surface area contributed by atoms with Crippen LogP contribution in [0.5, 0.6) is 6.01 Å². The zero-order valence-corrected chi connectivity index (χ0v) is 28.3. The molecule has 1 atom stereocenters. The van der Waals surface area contributed by atoms with Gasteiger partial charge in [-0.15, -0.1) is 0 Å². The number of amides is 1. The van der Waals surface area contributed by atoms with Gasteiger partial charge in [-0.25, -0.2) is 9.18 Å². The second kappa shape index (κ2) is 13.8. The first-order chi connectivity index (χ1) is 24.5. The zero-order chi connectivity index (χ0) is 34.1. The molecule has 50 heavy (non-hydrogen) atoms. The van der Waals surface area contributed by atoms with Crippen molar-refractivity contribution in [3.8, 4) is 12.1 Å². The van der Waals surface area contributed by atoms with Crippen molar-refractivity contribution in [1.82, 2.24) is 19.8 Å². The van der Waals surface area contributed by atoms with Gasteiger partial charge in [0.2, 0.25) is 0 Å². The lowest BCUT2D eigenvalue weighted by Gasteiger charge is -2.42. The van der Waals surface area contributed by atoms with Crippen LogP contribution < -0.4 is 14.5 Å². The molecule has 8 rings (SSSR count). The Morgan fingerprint density at radius 2 is 1.74 bits per heavy atom. The SMILES string of the molecule is N#CC[C@H]1CN(c2nc(OCC3(N4CCCC4)CC3)nc3c2CCN(c2cccc4cccc(F)c24)C3)CCN1C(=O)OCc1ccccc1. The zero-order valence-electron chi connectivity index (χ0n) is 28.3. The highest BCUT2D eigenvalue weighted by Gasteiger charge is 2.49. The number of nitrogens with zero attached hydrogens (tertiary/aromatic N) is 7. The average molecular weight is 676 g/mol. The maximum Gasteiger partial charge on any atom is 0.410 e. The third-order valence-corrected chi connectivity index (χ3v) is 10.8. The van der Waals surface area contributed by atoms with E-state index < -0.39 is 6.09 Å². The molecular weight excluding hydrogens is 633 g/mol. The van der Waals surface area contributed by atoms with Crippen molar-refractivity contribution in [3.05, 3.63) is 89.4 Å². The standard InChI is InChI=1S/C39H42FN7O3/c40-32-12-6-10-29-11-7-13-34(35(29)32)44-21-15-31-33(25-44)42-37(50-27-39(16-17-39)46-19-4-5-20-46)43-36(31)45-22-23-47(30(24-45)14-18-41)38(48)49-26-28-8-2-1-3-9-28/h1-3,6-13,30H,4-5,14-17,19-27H2/t30-/m0/s1. The summed E-state index contributed by atoms with van der Waals surface area (Å²) >= 11 is 0. The Morgan fingerprint density at radius 1 is 0.940 bits per heavy atom. The Hall–Kier alpha value is -4.95. The topological polar surface area (TPSA) is 98.1 Å². The molecule has 1 aromatic heterocycles. The first kappa shape index (κ1) is 32.3. The number of benzene rings is 3. The van der Waals surface area contributed by atoms with Gasteiger partial charge >= 0.3 is 12.1 Å². The first-order valence-electron chi connectivity index (χ1n) is 17.8. The van der Waals surface area contributed by atoms with E-state index in [2.05, 4.69) is 20.8 Å². The lowest BCUT2D eigenvalue weighted by atomic mass is 10.0. The van der Waals surface area contributed by atoms with Crippen LogP contribution in [0.25, 0.3) is 10.8 Å². The van der Waals surface area contributed by atoms with Gasteiger partial charge in [-0.2, -0.15) is 15.2 Å². The van der Waals surface area contributed by atoms with E-state index in [0.717, 1.165) is 59.6 Å². The molecule has 0 radical (unpaired) electrons. The predicted octanol–water partition coefficient (Wildman–Crippen LogP) is 6.08. The van der Waals surface area contributed by atoms with Crippen molar-refractivity contribution in [1.29, 1.82) is 5.26 Å². The Morgan fingerprint density at radius 3 is 2.52 bits per heavy atom. The molecule has 4 aliphatic rings. The molecule has 0 spiro atoms. The highest BCUT2D eigenvalue weighted by molar-refractivity contribution is 5.95. The summed E-state index contributed by atoms with van der Waals surface area (Å²) in [5.41, 5.74) is 3.71. The minimum atomic E-state index is -0.419. The molecule has 1 amide bonds. The van der Waals surface area contributed by atoms with Crippen molar-refractivity contribution in [2.24, 2.45) is 0 Å². The van der Waals surface area contributed by atoms with E-state index in [9.17, 15) is 10.1 Å². The van der Waals surface area contributed by atoms with Crippen LogP contribution in [-0.4, -0.2) is 83.3 Å². The van der Waals surface area contributed by atoms with Gasteiger partial charge in [-0.3, -0.25) is 4.90 Å². The maximum absolute atomic E-state index is 15.2. The summed E-state index contributed by atoms with van der Waals surface area (Å²) in [7, 11) is 0. The molecule has 0 N–H and O–H groups in total. The number of ether oxygens (including phenoxy) is 2. The summed E-state index contributed by atoms with van der Waals surface area (Å²) < 4.78 is 27.3. The molecule has 4 aromatic rings. The van der Waals surface area contributed by atoms with E-state index >= 15 is 4.39 Å². The molecule has 3 aromatic carbocycles. The number of aromatic nitrogens is 2. The van der Waals surface area contributed by atoms with Gasteiger partial charge in [0.1, 0.15) is 24.8 Å². The van der Waals surface area contributed by atoms with Gasteiger partial charge in [0.25, 0.3) is 0 Å². The number of likely N-dealkylation sites (tertiary alicyclic amines) is 1. The highest BCUT2D eigenvalue weighted by atomic mass is 19.1. The van der Waals surface area contributed by atoms with E-state index in [-0.39, 0.29) is 30.4 Å². The van der Waals surface area contributed by atoms with Crippen LogP contribution in [0.2, 0.25) is 0 Å². The summed E-state index contributed by atoms with van der Waals surface area (Å²) in [6, 6.07) is 22.9. The average Bonchev–Trinajstić information content (AvgIpc) is 3.73. The van der Waals surface area contributed by atoms with Crippen molar-refractivity contribution in [3.63, 3.8) is 0 Å². The number of carbonyl (C=O) groups excluding carboxylic acids is 1. The molecule has 0 unspecified atom stereocenters. The Kier molecular flexibility index (Phi) is 8.87. The molecule has 11 heteroatoms. The minimum absolute atomic E-state index is 0.0616. The fourth-order valence-corrected chi connectivity index (χ4v) is 7.92. The second-order valence-electron chi connectivity index (χ2n) is 13.9. The van der Waals surface area contributed by atoms with Gasteiger partial charge in [-0.05, 0) is 68.3 Å². The Bertz CT molecular complexity index is 1900.